The van der Waals surface area contributed by atoms with Crippen molar-refractivity contribution in [3.8, 4) is 0 Å². The lowest BCUT2D eigenvalue weighted by atomic mass is 9.88. The number of carbonyl (C=O) groups excluding carboxylic acids is 1. The zero-order valence-electron chi connectivity index (χ0n) is 17.7. The lowest BCUT2D eigenvalue weighted by Gasteiger charge is -2.43. The largest absolute Gasteiger partial charge is 0.419 e. The molecular weight excluding hydrogens is 501 g/mol. The first-order chi connectivity index (χ1) is 14.7. The number of anilines is 1. The summed E-state index contributed by atoms with van der Waals surface area (Å²) in [4.78, 5) is 25.6. The third-order valence-electron chi connectivity index (χ3n) is 4.95. The van der Waals surface area contributed by atoms with Gasteiger partial charge in [-0.05, 0) is 35.7 Å². The van der Waals surface area contributed by atoms with Gasteiger partial charge in [0.2, 0.25) is 5.95 Å². The Kier molecular flexibility index (Phi) is 8.13. The van der Waals surface area contributed by atoms with Crippen molar-refractivity contribution in [1.29, 1.82) is 0 Å². The molecule has 2 atom stereocenters. The average Bonchev–Trinajstić information content (AvgIpc) is 2.69. The van der Waals surface area contributed by atoms with E-state index in [4.69, 9.17) is 0 Å². The summed E-state index contributed by atoms with van der Waals surface area (Å²) >= 11 is 3.11. The van der Waals surface area contributed by atoms with E-state index in [9.17, 15) is 26.7 Å². The lowest BCUT2D eigenvalue weighted by Crippen LogP contribution is -2.59. The van der Waals surface area contributed by atoms with Gasteiger partial charge >= 0.3 is 6.18 Å². The van der Waals surface area contributed by atoms with Crippen LogP contribution < -0.4 is 5.32 Å². The summed E-state index contributed by atoms with van der Waals surface area (Å²) in [6.07, 6.45) is -2.14. The Labute approximate surface area is 190 Å². The molecule has 1 fully saturated rings. The van der Waals surface area contributed by atoms with Crippen molar-refractivity contribution in [3.05, 3.63) is 40.8 Å². The molecular formula is C20H23BrF5N5O. The highest BCUT2D eigenvalue weighted by Crippen LogP contribution is 2.35. The highest BCUT2D eigenvalue weighted by atomic mass is 79.9. The number of alkyl halides is 5. The molecule has 1 aromatic heterocycles. The molecule has 1 aliphatic heterocycles. The second kappa shape index (κ2) is 10.1. The summed E-state index contributed by atoms with van der Waals surface area (Å²) < 4.78 is 66.8. The Balaban J connectivity index is 2.29. The number of likely N-dealkylation sites (tertiary alicyclic amines) is 1. The predicted molar refractivity (Wildman–Crippen MR) is 115 cm³/mol. The molecule has 0 radical (unpaired) electrons. The van der Waals surface area contributed by atoms with E-state index in [-0.39, 0.29) is 22.7 Å². The van der Waals surface area contributed by atoms with Gasteiger partial charge in [-0.25, -0.2) is 23.7 Å². The second-order valence-corrected chi connectivity index (χ2v) is 8.46. The fourth-order valence-corrected chi connectivity index (χ4v) is 3.50. The van der Waals surface area contributed by atoms with E-state index in [1.54, 1.807) is 26.8 Å². The van der Waals surface area contributed by atoms with Crippen molar-refractivity contribution in [1.82, 2.24) is 14.9 Å². The van der Waals surface area contributed by atoms with E-state index in [0.29, 0.717) is 18.1 Å². The Bertz CT molecular complexity index is 914. The number of nitrogens with zero attached hydrogens (tertiary/aromatic N) is 4. The van der Waals surface area contributed by atoms with Crippen molar-refractivity contribution >= 4 is 33.5 Å². The topological polar surface area (TPSA) is 70.5 Å². The van der Waals surface area contributed by atoms with E-state index in [2.05, 4.69) is 42.8 Å². The first kappa shape index (κ1) is 25.9. The zero-order chi connectivity index (χ0) is 24.3. The molecule has 1 N–H and O–H groups in total. The number of piperidine rings is 1. The molecule has 0 bridgehead atoms. The van der Waals surface area contributed by atoms with Gasteiger partial charge in [-0.2, -0.15) is 13.2 Å². The minimum absolute atomic E-state index is 0.0427. The fraction of sp³-hybridized carbons (Fsp3) is 0.500. The van der Waals surface area contributed by atoms with Gasteiger partial charge in [0.05, 0.1) is 18.2 Å². The second-order valence-electron chi connectivity index (χ2n) is 7.51. The highest BCUT2D eigenvalue weighted by Gasteiger charge is 2.46. The third-order valence-corrected chi connectivity index (χ3v) is 5.33. The number of halogens is 6. The maximum atomic E-state index is 14.3. The molecule has 176 valence electrons. The summed E-state index contributed by atoms with van der Waals surface area (Å²) in [5, 5.41) is 2.74. The molecule has 1 aromatic rings. The van der Waals surface area contributed by atoms with E-state index < -0.39 is 48.5 Å². The highest BCUT2D eigenvalue weighted by molar-refractivity contribution is 9.12. The number of hydrogen-bond donors (Lipinski definition) is 1. The average molecular weight is 524 g/mol. The van der Waals surface area contributed by atoms with Gasteiger partial charge in [-0.3, -0.25) is 4.79 Å². The number of aliphatic imine (C=N–C) groups is 1. The van der Waals surface area contributed by atoms with Crippen molar-refractivity contribution in [3.63, 3.8) is 0 Å². The normalized spacial score (nSPS) is 22.0. The van der Waals surface area contributed by atoms with Crippen molar-refractivity contribution in [2.24, 2.45) is 10.9 Å². The zero-order valence-corrected chi connectivity index (χ0v) is 19.3. The van der Waals surface area contributed by atoms with E-state index in [1.807, 2.05) is 0 Å². The number of amides is 1. The first-order valence-electron chi connectivity index (χ1n) is 9.63. The van der Waals surface area contributed by atoms with Crippen LogP contribution in [-0.2, 0) is 11.0 Å². The van der Waals surface area contributed by atoms with Crippen LogP contribution >= 0.6 is 15.9 Å². The summed E-state index contributed by atoms with van der Waals surface area (Å²) in [6.45, 7) is 7.72. The van der Waals surface area contributed by atoms with Gasteiger partial charge in [-0.1, -0.05) is 19.6 Å². The number of nitrogens with one attached hydrogen (secondary N) is 1. The quantitative estimate of drug-likeness (QED) is 0.418. The molecule has 2 heterocycles. The Morgan fingerprint density at radius 3 is 2.50 bits per heavy atom. The Morgan fingerprint density at radius 1 is 1.41 bits per heavy atom. The number of rotatable bonds is 6. The molecule has 12 heteroatoms. The summed E-state index contributed by atoms with van der Waals surface area (Å²) in [5.41, 5.74) is -0.624. The van der Waals surface area contributed by atoms with Gasteiger partial charge in [0.25, 0.3) is 11.8 Å². The molecule has 2 rings (SSSR count). The number of hydrogen-bond acceptors (Lipinski definition) is 5. The molecule has 1 saturated heterocycles. The molecule has 6 nitrogen and oxygen atoms in total. The van der Waals surface area contributed by atoms with Crippen LogP contribution in [-0.4, -0.2) is 51.5 Å². The number of aromatic nitrogens is 2. The molecule has 1 aliphatic rings. The van der Waals surface area contributed by atoms with Crippen LogP contribution in [0.15, 0.2) is 40.2 Å². The van der Waals surface area contributed by atoms with Crippen molar-refractivity contribution in [2.45, 2.75) is 45.3 Å². The van der Waals surface area contributed by atoms with E-state index >= 15 is 0 Å². The van der Waals surface area contributed by atoms with Crippen LogP contribution in [0.4, 0.5) is 27.9 Å². The monoisotopic (exact) mass is 523 g/mol. The molecule has 1 amide bonds. The maximum absolute atomic E-state index is 14.3. The standard InChI is InChI=1S/C20H23BrF5N5O/c1-5-12(3)30-16(13(4)21)17(32)31-10-19(22,23)6-11(2)15(31)9-29-18-27-7-14(8-28-18)20(24,25)26/h5,7-8,11,15H,4,6,9-10H2,1-3H3,(H,27,28,29)/b12-5-,30-16?/t11-,15?/m1/s1. The summed E-state index contributed by atoms with van der Waals surface area (Å²) in [7, 11) is 0. The minimum atomic E-state index is -4.58. The maximum Gasteiger partial charge on any atom is 0.419 e. The lowest BCUT2D eigenvalue weighted by molar-refractivity contribution is -0.145. The van der Waals surface area contributed by atoms with Crippen LogP contribution in [0.2, 0.25) is 0 Å². The van der Waals surface area contributed by atoms with Gasteiger partial charge in [0, 0.05) is 35.5 Å². The van der Waals surface area contributed by atoms with Crippen molar-refractivity contribution in [2.75, 3.05) is 18.4 Å². The van der Waals surface area contributed by atoms with E-state index in [1.165, 1.54) is 0 Å². The molecule has 1 unspecified atom stereocenters. The molecule has 0 saturated carbocycles. The molecule has 0 aliphatic carbocycles. The molecule has 0 aromatic carbocycles. The predicted octanol–water partition coefficient (Wildman–Crippen LogP) is 5.05. The summed E-state index contributed by atoms with van der Waals surface area (Å²) in [5.74, 6) is -4.58. The van der Waals surface area contributed by atoms with Gasteiger partial charge in [-0.15, -0.1) is 0 Å². The van der Waals surface area contributed by atoms with Crippen LogP contribution in [0.25, 0.3) is 0 Å². The Hall–Kier alpha value is -2.37. The van der Waals surface area contributed by atoms with Gasteiger partial charge in [0.1, 0.15) is 5.71 Å². The smallest absolute Gasteiger partial charge is 0.352 e. The van der Waals surface area contributed by atoms with Crippen LogP contribution in [0.1, 0.15) is 32.8 Å². The van der Waals surface area contributed by atoms with E-state index in [0.717, 1.165) is 4.90 Å². The Morgan fingerprint density at radius 2 is 2.00 bits per heavy atom. The number of allylic oxidation sites excluding steroid dienone is 2. The van der Waals surface area contributed by atoms with Crippen LogP contribution in [0, 0.1) is 5.92 Å². The van der Waals surface area contributed by atoms with Crippen LogP contribution in [0.5, 0.6) is 0 Å². The number of carbonyl (C=O) groups is 1. The van der Waals surface area contributed by atoms with Gasteiger partial charge in [0.15, 0.2) is 0 Å². The molecule has 0 spiro atoms. The summed E-state index contributed by atoms with van der Waals surface area (Å²) in [6, 6.07) is -0.712. The fourth-order valence-electron chi connectivity index (χ4n) is 3.24. The van der Waals surface area contributed by atoms with Crippen molar-refractivity contribution < 1.29 is 26.7 Å². The van der Waals surface area contributed by atoms with Gasteiger partial charge < -0.3 is 10.2 Å². The van der Waals surface area contributed by atoms with Crippen LogP contribution in [0.3, 0.4) is 0 Å². The SMILES string of the molecule is C=C(Br)C(=N/C(C)=C\C)C(=O)N1CC(F)(F)C[C@@H](C)C1CNc1ncc(C(F)(F)F)cn1. The third kappa shape index (κ3) is 6.57. The first-order valence-corrected chi connectivity index (χ1v) is 10.4. The molecule has 32 heavy (non-hydrogen) atoms. The minimum Gasteiger partial charge on any atom is -0.352 e.